The van der Waals surface area contributed by atoms with Crippen molar-refractivity contribution in [1.82, 2.24) is 10.1 Å². The molecular weight excluding hydrogens is 324 g/mol. The minimum Gasteiger partial charge on any atom is -0.493 e. The van der Waals surface area contributed by atoms with Gasteiger partial charge in [0.2, 0.25) is 11.7 Å². The molecule has 0 saturated heterocycles. The van der Waals surface area contributed by atoms with Crippen molar-refractivity contribution in [3.8, 4) is 22.9 Å². The summed E-state index contributed by atoms with van der Waals surface area (Å²) >= 11 is 3.45. The summed E-state index contributed by atoms with van der Waals surface area (Å²) in [7, 11) is 3.19. The second-order valence-electron chi connectivity index (χ2n) is 4.80. The maximum Gasteiger partial charge on any atom is 0.227 e. The van der Waals surface area contributed by atoms with E-state index in [1.54, 1.807) is 14.2 Å². The quantitative estimate of drug-likeness (QED) is 0.830. The van der Waals surface area contributed by atoms with Gasteiger partial charge in [-0.1, -0.05) is 19.0 Å². The molecule has 1 aromatic heterocycles. The molecule has 0 aliphatic rings. The number of rotatable bonds is 5. The van der Waals surface area contributed by atoms with Crippen molar-refractivity contribution in [2.75, 3.05) is 14.2 Å². The predicted octanol–water partition coefficient (Wildman–Crippen LogP) is 3.71. The molecule has 0 atom stereocenters. The van der Waals surface area contributed by atoms with E-state index in [-0.39, 0.29) is 0 Å². The highest BCUT2D eigenvalue weighted by molar-refractivity contribution is 9.10. The van der Waals surface area contributed by atoms with Crippen molar-refractivity contribution < 1.29 is 14.0 Å². The van der Waals surface area contributed by atoms with Crippen LogP contribution in [0.4, 0.5) is 0 Å². The fourth-order valence-electron chi connectivity index (χ4n) is 1.85. The Morgan fingerprint density at radius 2 is 2.00 bits per heavy atom. The first-order valence-corrected chi connectivity index (χ1v) is 7.09. The van der Waals surface area contributed by atoms with Crippen LogP contribution in [0.1, 0.15) is 19.7 Å². The van der Waals surface area contributed by atoms with Gasteiger partial charge in [0, 0.05) is 12.0 Å². The van der Waals surface area contributed by atoms with Crippen molar-refractivity contribution in [2.45, 2.75) is 20.3 Å². The molecule has 0 radical (unpaired) electrons. The zero-order valence-electron chi connectivity index (χ0n) is 11.9. The normalized spacial score (nSPS) is 10.9. The molecule has 0 unspecified atom stereocenters. The largest absolute Gasteiger partial charge is 0.493 e. The molecule has 20 heavy (non-hydrogen) atoms. The fraction of sp³-hybridized carbons (Fsp3) is 0.429. The summed E-state index contributed by atoms with van der Waals surface area (Å²) in [5.41, 5.74) is 0.813. The number of hydrogen-bond donors (Lipinski definition) is 0. The Labute approximate surface area is 126 Å². The lowest BCUT2D eigenvalue weighted by Gasteiger charge is -2.10. The summed E-state index contributed by atoms with van der Waals surface area (Å²) in [6, 6.07) is 3.71. The zero-order valence-corrected chi connectivity index (χ0v) is 13.5. The van der Waals surface area contributed by atoms with E-state index in [9.17, 15) is 0 Å². The van der Waals surface area contributed by atoms with Gasteiger partial charge in [-0.3, -0.25) is 0 Å². The first-order chi connectivity index (χ1) is 9.55. The number of methoxy groups -OCH3 is 2. The van der Waals surface area contributed by atoms with Crippen LogP contribution in [0.2, 0.25) is 0 Å². The van der Waals surface area contributed by atoms with Gasteiger partial charge in [0.1, 0.15) is 0 Å². The Kier molecular flexibility index (Phi) is 4.65. The number of aromatic nitrogens is 2. The van der Waals surface area contributed by atoms with Crippen LogP contribution >= 0.6 is 15.9 Å². The van der Waals surface area contributed by atoms with Gasteiger partial charge in [0.15, 0.2) is 11.5 Å². The minimum atomic E-state index is 0.473. The number of hydrogen-bond acceptors (Lipinski definition) is 5. The van der Waals surface area contributed by atoms with Crippen LogP contribution in [0.3, 0.4) is 0 Å². The predicted molar refractivity (Wildman–Crippen MR) is 79.1 cm³/mol. The lowest BCUT2D eigenvalue weighted by molar-refractivity contribution is 0.353. The van der Waals surface area contributed by atoms with Gasteiger partial charge in [-0.2, -0.15) is 4.98 Å². The summed E-state index contributed by atoms with van der Waals surface area (Å²) < 4.78 is 16.6. The smallest absolute Gasteiger partial charge is 0.227 e. The van der Waals surface area contributed by atoms with Gasteiger partial charge in [-0.25, -0.2) is 0 Å². The molecule has 2 aromatic rings. The van der Waals surface area contributed by atoms with E-state index in [2.05, 4.69) is 39.9 Å². The molecule has 0 fully saturated rings. The minimum absolute atomic E-state index is 0.473. The van der Waals surface area contributed by atoms with Crippen LogP contribution < -0.4 is 9.47 Å². The van der Waals surface area contributed by atoms with Crippen molar-refractivity contribution in [1.29, 1.82) is 0 Å². The average molecular weight is 341 g/mol. The molecule has 1 heterocycles. The van der Waals surface area contributed by atoms with Gasteiger partial charge >= 0.3 is 0 Å². The van der Waals surface area contributed by atoms with Crippen LogP contribution in [0.5, 0.6) is 11.5 Å². The van der Waals surface area contributed by atoms with Crippen LogP contribution in [0.15, 0.2) is 21.1 Å². The molecule has 0 saturated carbocycles. The highest BCUT2D eigenvalue weighted by atomic mass is 79.9. The Hall–Kier alpha value is -1.56. The summed E-state index contributed by atoms with van der Waals surface area (Å²) in [6.45, 7) is 4.22. The van der Waals surface area contributed by atoms with E-state index in [1.807, 2.05) is 12.1 Å². The van der Waals surface area contributed by atoms with Crippen molar-refractivity contribution in [3.63, 3.8) is 0 Å². The third-order valence-corrected chi connectivity index (χ3v) is 3.33. The molecule has 0 bridgehead atoms. The third-order valence-electron chi connectivity index (χ3n) is 2.74. The van der Waals surface area contributed by atoms with Crippen LogP contribution in [-0.2, 0) is 6.42 Å². The Bertz CT molecular complexity index is 596. The van der Waals surface area contributed by atoms with Crippen molar-refractivity contribution in [2.24, 2.45) is 5.92 Å². The first kappa shape index (κ1) is 14.8. The number of halogens is 1. The second kappa shape index (κ2) is 6.26. The molecule has 0 amide bonds. The third kappa shape index (κ3) is 3.12. The molecule has 0 N–H and O–H groups in total. The Balaban J connectivity index is 2.37. The van der Waals surface area contributed by atoms with Crippen LogP contribution in [0, 0.1) is 5.92 Å². The highest BCUT2D eigenvalue weighted by Gasteiger charge is 2.15. The topological polar surface area (TPSA) is 57.4 Å². The number of benzene rings is 1. The van der Waals surface area contributed by atoms with E-state index in [0.29, 0.717) is 29.1 Å². The SMILES string of the molecule is COc1cc(-c2noc(CC(C)C)n2)cc(Br)c1OC. The van der Waals surface area contributed by atoms with Gasteiger partial charge < -0.3 is 14.0 Å². The zero-order chi connectivity index (χ0) is 14.7. The van der Waals surface area contributed by atoms with Gasteiger partial charge in [0.05, 0.1) is 18.7 Å². The summed E-state index contributed by atoms with van der Waals surface area (Å²) in [6.07, 6.45) is 0.765. The average Bonchev–Trinajstić information content (AvgIpc) is 2.85. The molecule has 0 aliphatic heterocycles. The van der Waals surface area contributed by atoms with E-state index < -0.39 is 0 Å². The van der Waals surface area contributed by atoms with E-state index in [1.165, 1.54) is 0 Å². The molecular formula is C14H17BrN2O3. The van der Waals surface area contributed by atoms with Gasteiger partial charge in [0.25, 0.3) is 0 Å². The molecule has 1 aromatic carbocycles. The molecule has 108 valence electrons. The first-order valence-electron chi connectivity index (χ1n) is 6.29. The molecule has 0 spiro atoms. The standard InChI is InChI=1S/C14H17BrN2O3/c1-8(2)5-12-16-14(17-20-12)9-6-10(15)13(19-4)11(7-9)18-3/h6-8H,5H2,1-4H3. The Morgan fingerprint density at radius 1 is 1.25 bits per heavy atom. The summed E-state index contributed by atoms with van der Waals surface area (Å²) in [4.78, 5) is 4.40. The summed E-state index contributed by atoms with van der Waals surface area (Å²) in [5.74, 6) is 2.91. The van der Waals surface area contributed by atoms with E-state index >= 15 is 0 Å². The lowest BCUT2D eigenvalue weighted by Crippen LogP contribution is -1.95. The van der Waals surface area contributed by atoms with Crippen LogP contribution in [-0.4, -0.2) is 24.4 Å². The molecule has 5 nitrogen and oxygen atoms in total. The van der Waals surface area contributed by atoms with E-state index in [4.69, 9.17) is 14.0 Å². The number of nitrogens with zero attached hydrogens (tertiary/aromatic N) is 2. The van der Waals surface area contributed by atoms with Crippen LogP contribution in [0.25, 0.3) is 11.4 Å². The Morgan fingerprint density at radius 3 is 2.60 bits per heavy atom. The molecule has 0 aliphatic carbocycles. The van der Waals surface area contributed by atoms with Crippen molar-refractivity contribution >= 4 is 15.9 Å². The molecule has 6 heteroatoms. The summed E-state index contributed by atoms with van der Waals surface area (Å²) in [5, 5.41) is 4.01. The maximum absolute atomic E-state index is 5.31. The van der Waals surface area contributed by atoms with Gasteiger partial charge in [-0.15, -0.1) is 0 Å². The van der Waals surface area contributed by atoms with Gasteiger partial charge in [-0.05, 0) is 34.0 Å². The lowest BCUT2D eigenvalue weighted by atomic mass is 10.1. The highest BCUT2D eigenvalue weighted by Crippen LogP contribution is 2.38. The fourth-order valence-corrected chi connectivity index (χ4v) is 2.46. The monoisotopic (exact) mass is 340 g/mol. The second-order valence-corrected chi connectivity index (χ2v) is 5.66. The van der Waals surface area contributed by atoms with E-state index in [0.717, 1.165) is 16.5 Å². The number of ether oxygens (including phenoxy) is 2. The van der Waals surface area contributed by atoms with Crippen molar-refractivity contribution in [3.05, 3.63) is 22.5 Å². The molecule has 2 rings (SSSR count). The maximum atomic E-state index is 5.31.